The molecular formula is C25H33N5O4. The van der Waals surface area contributed by atoms with Gasteiger partial charge in [0.15, 0.2) is 5.69 Å². The summed E-state index contributed by atoms with van der Waals surface area (Å²) in [6.45, 7) is 2.22. The Balaban J connectivity index is 1.69. The largest absolute Gasteiger partial charge is 0.464 e. The fraction of sp³-hybridized carbons (Fsp3) is 0.520. The topological polar surface area (TPSA) is 96.8 Å². The predicted molar refractivity (Wildman–Crippen MR) is 128 cm³/mol. The Labute approximate surface area is 200 Å². The number of hydrogen-bond acceptors (Lipinski definition) is 6. The molecular weight excluding hydrogens is 434 g/mol. The van der Waals surface area contributed by atoms with Gasteiger partial charge in [0.1, 0.15) is 11.2 Å². The van der Waals surface area contributed by atoms with Crippen molar-refractivity contribution in [1.29, 1.82) is 0 Å². The molecule has 0 saturated heterocycles. The molecule has 2 heterocycles. The SMILES string of the molecule is COC(=O)c1ncn2c1C(=O)N(Cc1ccc(N(C)C)cc1)[C@](C)(C(=O)NC1CCCCC1)C2. The number of rotatable bonds is 6. The van der Waals surface area contributed by atoms with E-state index in [2.05, 4.69) is 10.3 Å². The van der Waals surface area contributed by atoms with Crippen molar-refractivity contribution in [1.82, 2.24) is 19.8 Å². The number of fused-ring (bicyclic) bond motifs is 1. The van der Waals surface area contributed by atoms with E-state index < -0.39 is 17.4 Å². The van der Waals surface area contributed by atoms with E-state index in [9.17, 15) is 14.4 Å². The van der Waals surface area contributed by atoms with Crippen molar-refractivity contribution in [2.24, 2.45) is 0 Å². The van der Waals surface area contributed by atoms with Gasteiger partial charge in [-0.2, -0.15) is 0 Å². The average Bonchev–Trinajstić information content (AvgIpc) is 3.25. The summed E-state index contributed by atoms with van der Waals surface area (Å²) < 4.78 is 6.43. The highest BCUT2D eigenvalue weighted by atomic mass is 16.5. The fourth-order valence-corrected chi connectivity index (χ4v) is 4.85. The first-order chi connectivity index (χ1) is 16.2. The highest BCUT2D eigenvalue weighted by Gasteiger charge is 2.49. The van der Waals surface area contributed by atoms with Crippen molar-refractivity contribution >= 4 is 23.5 Å². The minimum atomic E-state index is -1.14. The highest BCUT2D eigenvalue weighted by Crippen LogP contribution is 2.32. The van der Waals surface area contributed by atoms with Crippen molar-refractivity contribution in [3.63, 3.8) is 0 Å². The molecule has 1 saturated carbocycles. The number of hydrogen-bond donors (Lipinski definition) is 1. The maximum absolute atomic E-state index is 13.8. The third-order valence-corrected chi connectivity index (χ3v) is 6.96. The summed E-state index contributed by atoms with van der Waals surface area (Å²) in [4.78, 5) is 47.4. The lowest BCUT2D eigenvalue weighted by Crippen LogP contribution is -2.64. The molecule has 2 amide bonds. The molecule has 1 aliphatic carbocycles. The van der Waals surface area contributed by atoms with Crippen molar-refractivity contribution in [2.75, 3.05) is 26.1 Å². The third kappa shape index (κ3) is 4.38. The second-order valence-corrected chi connectivity index (χ2v) is 9.60. The number of carbonyl (C=O) groups is 3. The number of methoxy groups -OCH3 is 1. The second-order valence-electron chi connectivity index (χ2n) is 9.60. The number of imidazole rings is 1. The second kappa shape index (κ2) is 9.48. The van der Waals surface area contributed by atoms with Gasteiger partial charge < -0.3 is 24.4 Å². The van der Waals surface area contributed by atoms with E-state index in [4.69, 9.17) is 4.74 Å². The van der Waals surface area contributed by atoms with Crippen LogP contribution in [0.15, 0.2) is 30.6 Å². The van der Waals surface area contributed by atoms with Gasteiger partial charge in [0.25, 0.3) is 5.91 Å². The Morgan fingerprint density at radius 1 is 1.18 bits per heavy atom. The summed E-state index contributed by atoms with van der Waals surface area (Å²) in [5.41, 5.74) is 0.909. The van der Waals surface area contributed by atoms with Crippen LogP contribution in [0.2, 0.25) is 0 Å². The lowest BCUT2D eigenvalue weighted by atomic mass is 9.91. The number of benzene rings is 1. The molecule has 0 bridgehead atoms. The van der Waals surface area contributed by atoms with Gasteiger partial charge >= 0.3 is 5.97 Å². The van der Waals surface area contributed by atoms with Gasteiger partial charge in [0, 0.05) is 32.4 Å². The van der Waals surface area contributed by atoms with Crippen LogP contribution in [-0.4, -0.2) is 65.0 Å². The van der Waals surface area contributed by atoms with Crippen molar-refractivity contribution in [3.05, 3.63) is 47.5 Å². The molecule has 1 N–H and O–H groups in total. The van der Waals surface area contributed by atoms with Crippen molar-refractivity contribution in [2.45, 2.75) is 63.7 Å². The summed E-state index contributed by atoms with van der Waals surface area (Å²) in [6.07, 6.45) is 6.71. The van der Waals surface area contributed by atoms with Crippen LogP contribution in [0.3, 0.4) is 0 Å². The van der Waals surface area contributed by atoms with Crippen molar-refractivity contribution < 1.29 is 19.1 Å². The van der Waals surface area contributed by atoms with E-state index in [1.54, 1.807) is 16.4 Å². The van der Waals surface area contributed by atoms with Crippen LogP contribution in [-0.2, 0) is 22.6 Å². The van der Waals surface area contributed by atoms with Crippen LogP contribution in [0.1, 0.15) is 65.6 Å². The Hall–Kier alpha value is -3.36. The molecule has 9 nitrogen and oxygen atoms in total. The molecule has 182 valence electrons. The Morgan fingerprint density at radius 3 is 2.47 bits per heavy atom. The number of esters is 1. The molecule has 1 aromatic heterocycles. The third-order valence-electron chi connectivity index (χ3n) is 6.96. The zero-order chi connectivity index (χ0) is 24.5. The zero-order valence-corrected chi connectivity index (χ0v) is 20.3. The highest BCUT2D eigenvalue weighted by molar-refractivity contribution is 6.06. The first-order valence-corrected chi connectivity index (χ1v) is 11.8. The molecule has 4 rings (SSSR count). The van der Waals surface area contributed by atoms with Gasteiger partial charge in [-0.25, -0.2) is 9.78 Å². The van der Waals surface area contributed by atoms with E-state index in [1.165, 1.54) is 19.9 Å². The number of nitrogens with zero attached hydrogens (tertiary/aromatic N) is 4. The van der Waals surface area contributed by atoms with E-state index in [0.717, 1.165) is 36.9 Å². The summed E-state index contributed by atoms with van der Waals surface area (Å²) in [5.74, 6) is -1.27. The first-order valence-electron chi connectivity index (χ1n) is 11.8. The molecule has 1 fully saturated rings. The molecule has 2 aromatic rings. The van der Waals surface area contributed by atoms with E-state index in [-0.39, 0.29) is 36.4 Å². The number of aromatic nitrogens is 2. The maximum atomic E-state index is 13.8. The Bertz CT molecular complexity index is 1070. The summed E-state index contributed by atoms with van der Waals surface area (Å²) in [7, 11) is 5.18. The molecule has 2 aliphatic rings. The smallest absolute Gasteiger partial charge is 0.359 e. The van der Waals surface area contributed by atoms with Crippen LogP contribution in [0, 0.1) is 0 Å². The first kappa shape index (κ1) is 23.8. The standard InChI is InChI=1S/C25H33N5O4/c1-25(24(33)27-18-8-6-5-7-9-18)15-29-16-26-20(23(32)34-4)21(29)22(31)30(25)14-17-10-12-19(13-11-17)28(2)3/h10-13,16,18H,5-9,14-15H2,1-4H3,(H,27,33)/t25-/m0/s1. The summed E-state index contributed by atoms with van der Waals surface area (Å²) in [5, 5.41) is 3.20. The van der Waals surface area contributed by atoms with Gasteiger partial charge in [-0.1, -0.05) is 31.4 Å². The van der Waals surface area contributed by atoms with Crippen LogP contribution in [0.25, 0.3) is 0 Å². The number of anilines is 1. The quantitative estimate of drug-likeness (QED) is 0.656. The van der Waals surface area contributed by atoms with E-state index >= 15 is 0 Å². The fourth-order valence-electron chi connectivity index (χ4n) is 4.85. The summed E-state index contributed by atoms with van der Waals surface area (Å²) >= 11 is 0. The number of carbonyl (C=O) groups excluding carboxylic acids is 3. The number of ether oxygens (including phenoxy) is 1. The lowest BCUT2D eigenvalue weighted by Gasteiger charge is -2.44. The molecule has 1 aromatic carbocycles. The molecule has 0 unspecified atom stereocenters. The minimum Gasteiger partial charge on any atom is -0.464 e. The van der Waals surface area contributed by atoms with Crippen molar-refractivity contribution in [3.8, 4) is 0 Å². The molecule has 34 heavy (non-hydrogen) atoms. The molecule has 0 radical (unpaired) electrons. The maximum Gasteiger partial charge on any atom is 0.359 e. The molecule has 0 spiro atoms. The monoisotopic (exact) mass is 467 g/mol. The van der Waals surface area contributed by atoms with E-state index in [1.807, 2.05) is 43.3 Å². The zero-order valence-electron chi connectivity index (χ0n) is 20.3. The Kier molecular flexibility index (Phi) is 6.63. The average molecular weight is 468 g/mol. The van der Waals surface area contributed by atoms with Gasteiger partial charge in [0.2, 0.25) is 5.91 Å². The lowest BCUT2D eigenvalue weighted by molar-refractivity contribution is -0.134. The van der Waals surface area contributed by atoms with Gasteiger partial charge in [-0.05, 0) is 37.5 Å². The van der Waals surface area contributed by atoms with Gasteiger partial charge in [-0.15, -0.1) is 0 Å². The van der Waals surface area contributed by atoms with Crippen LogP contribution >= 0.6 is 0 Å². The minimum absolute atomic E-state index is 0.0322. The summed E-state index contributed by atoms with van der Waals surface area (Å²) in [6, 6.07) is 7.98. The van der Waals surface area contributed by atoms with Crippen LogP contribution < -0.4 is 10.2 Å². The van der Waals surface area contributed by atoms with Crippen LogP contribution in [0.5, 0.6) is 0 Å². The molecule has 1 aliphatic heterocycles. The molecule has 9 heteroatoms. The van der Waals surface area contributed by atoms with Crippen LogP contribution in [0.4, 0.5) is 5.69 Å². The normalized spacial score (nSPS) is 20.6. The Morgan fingerprint density at radius 2 is 1.85 bits per heavy atom. The van der Waals surface area contributed by atoms with E-state index in [0.29, 0.717) is 0 Å². The number of amides is 2. The van der Waals surface area contributed by atoms with Gasteiger partial charge in [0.05, 0.1) is 20.0 Å². The molecule has 1 atom stereocenters. The van der Waals surface area contributed by atoms with Gasteiger partial charge in [-0.3, -0.25) is 9.59 Å². The number of nitrogens with one attached hydrogen (secondary N) is 1. The predicted octanol–water partition coefficient (Wildman–Crippen LogP) is 2.60.